The number of hydrogen-bond donors (Lipinski definition) is 2. The third-order valence-corrected chi connectivity index (χ3v) is 2.00. The Morgan fingerprint density at radius 2 is 2.11 bits per heavy atom. The second-order valence-corrected chi connectivity index (χ2v) is 4.74. The van der Waals surface area contributed by atoms with Gasteiger partial charge in [-0.1, -0.05) is 0 Å². The molecule has 0 atom stereocenters. The van der Waals surface area contributed by atoms with Crippen LogP contribution in [-0.4, -0.2) is 23.0 Å². The molecule has 98 valence electrons. The van der Waals surface area contributed by atoms with Crippen molar-refractivity contribution in [1.82, 2.24) is 10.3 Å². The number of aromatic amines is 1. The molecule has 18 heavy (non-hydrogen) atoms. The second kappa shape index (κ2) is 5.48. The summed E-state index contributed by atoms with van der Waals surface area (Å²) in [6.07, 6.45) is 2.60. The third kappa shape index (κ3) is 4.04. The lowest BCUT2D eigenvalue weighted by Gasteiger charge is -2.19. The number of carbonyl (C=O) groups is 2. The van der Waals surface area contributed by atoms with Crippen LogP contribution in [0.1, 0.15) is 36.7 Å². The SMILES string of the molecule is CC(C)(C)OC(=O)NCc1c[nH]cc(C=O)c1=O. The van der Waals surface area contributed by atoms with E-state index < -0.39 is 17.1 Å². The highest BCUT2D eigenvalue weighted by molar-refractivity contribution is 5.74. The summed E-state index contributed by atoms with van der Waals surface area (Å²) in [7, 11) is 0. The van der Waals surface area contributed by atoms with Crippen LogP contribution in [-0.2, 0) is 11.3 Å². The molecule has 1 rings (SSSR count). The molecule has 0 bridgehead atoms. The smallest absolute Gasteiger partial charge is 0.407 e. The van der Waals surface area contributed by atoms with E-state index in [9.17, 15) is 14.4 Å². The minimum Gasteiger partial charge on any atom is -0.444 e. The van der Waals surface area contributed by atoms with Crippen LogP contribution >= 0.6 is 0 Å². The van der Waals surface area contributed by atoms with Gasteiger partial charge in [-0.3, -0.25) is 9.59 Å². The standard InChI is InChI=1S/C12H16N2O4/c1-12(2,3)18-11(17)14-6-8-4-13-5-9(7-15)10(8)16/h4-5,7H,6H2,1-3H3,(H,13,16)(H,14,17). The first-order valence-corrected chi connectivity index (χ1v) is 5.45. The first-order chi connectivity index (χ1) is 8.33. The largest absolute Gasteiger partial charge is 0.444 e. The van der Waals surface area contributed by atoms with Gasteiger partial charge in [0.1, 0.15) is 5.60 Å². The van der Waals surface area contributed by atoms with Gasteiger partial charge in [0.15, 0.2) is 11.7 Å². The Morgan fingerprint density at radius 3 is 2.67 bits per heavy atom. The van der Waals surface area contributed by atoms with Gasteiger partial charge in [0, 0.05) is 18.0 Å². The minimum atomic E-state index is -0.613. The summed E-state index contributed by atoms with van der Waals surface area (Å²) in [5.41, 5.74) is -0.676. The number of ether oxygens (including phenoxy) is 1. The maximum atomic E-state index is 11.7. The topological polar surface area (TPSA) is 88.3 Å². The van der Waals surface area contributed by atoms with E-state index in [-0.39, 0.29) is 12.1 Å². The van der Waals surface area contributed by atoms with Crippen LogP contribution in [0.25, 0.3) is 0 Å². The first-order valence-electron chi connectivity index (χ1n) is 5.45. The van der Waals surface area contributed by atoms with Gasteiger partial charge < -0.3 is 15.0 Å². The van der Waals surface area contributed by atoms with Gasteiger partial charge in [0.05, 0.1) is 12.1 Å². The van der Waals surface area contributed by atoms with Crippen LogP contribution in [0.15, 0.2) is 17.2 Å². The maximum Gasteiger partial charge on any atom is 0.407 e. The highest BCUT2D eigenvalue weighted by Crippen LogP contribution is 2.06. The zero-order valence-corrected chi connectivity index (χ0v) is 10.6. The van der Waals surface area contributed by atoms with Crippen molar-refractivity contribution in [3.63, 3.8) is 0 Å². The summed E-state index contributed by atoms with van der Waals surface area (Å²) in [6, 6.07) is 0. The molecule has 0 saturated carbocycles. The highest BCUT2D eigenvalue weighted by atomic mass is 16.6. The molecule has 0 spiro atoms. The first kappa shape index (κ1) is 14.0. The van der Waals surface area contributed by atoms with E-state index in [2.05, 4.69) is 10.3 Å². The van der Waals surface area contributed by atoms with Gasteiger partial charge in [-0.05, 0) is 20.8 Å². The van der Waals surface area contributed by atoms with Crippen LogP contribution < -0.4 is 10.7 Å². The van der Waals surface area contributed by atoms with E-state index in [1.807, 2.05) is 0 Å². The van der Waals surface area contributed by atoms with E-state index in [1.165, 1.54) is 12.4 Å². The summed E-state index contributed by atoms with van der Waals surface area (Å²) < 4.78 is 5.02. The predicted molar refractivity (Wildman–Crippen MR) is 65.5 cm³/mol. The van der Waals surface area contributed by atoms with E-state index in [0.29, 0.717) is 11.8 Å². The Morgan fingerprint density at radius 1 is 1.44 bits per heavy atom. The van der Waals surface area contributed by atoms with Crippen molar-refractivity contribution in [3.05, 3.63) is 33.7 Å². The quantitative estimate of drug-likeness (QED) is 0.791. The maximum absolute atomic E-state index is 11.7. The fraction of sp³-hybridized carbons (Fsp3) is 0.417. The highest BCUT2D eigenvalue weighted by Gasteiger charge is 2.16. The lowest BCUT2D eigenvalue weighted by atomic mass is 10.2. The molecule has 0 saturated heterocycles. The fourth-order valence-electron chi connectivity index (χ4n) is 1.25. The van der Waals surface area contributed by atoms with Crippen LogP contribution in [0, 0.1) is 0 Å². The zero-order valence-electron chi connectivity index (χ0n) is 10.6. The summed E-state index contributed by atoms with van der Waals surface area (Å²) in [6.45, 7) is 5.23. The summed E-state index contributed by atoms with van der Waals surface area (Å²) in [5, 5.41) is 2.45. The van der Waals surface area contributed by atoms with E-state index >= 15 is 0 Å². The van der Waals surface area contributed by atoms with Gasteiger partial charge in [-0.25, -0.2) is 4.79 Å². The molecule has 1 aromatic heterocycles. The number of carbonyl (C=O) groups excluding carboxylic acids is 2. The van der Waals surface area contributed by atoms with Crippen molar-refractivity contribution in [2.45, 2.75) is 32.9 Å². The molecule has 0 aliphatic rings. The average Bonchev–Trinajstić information content (AvgIpc) is 2.25. The van der Waals surface area contributed by atoms with E-state index in [4.69, 9.17) is 4.74 Å². The molecule has 0 aliphatic heterocycles. The Balaban J connectivity index is 2.67. The molecule has 0 fully saturated rings. The van der Waals surface area contributed by atoms with Crippen molar-refractivity contribution < 1.29 is 14.3 Å². The number of nitrogens with one attached hydrogen (secondary N) is 2. The molecule has 1 heterocycles. The molecule has 6 nitrogen and oxygen atoms in total. The van der Waals surface area contributed by atoms with Crippen LogP contribution in [0.2, 0.25) is 0 Å². The second-order valence-electron chi connectivity index (χ2n) is 4.74. The number of alkyl carbamates (subject to hydrolysis) is 1. The van der Waals surface area contributed by atoms with Gasteiger partial charge in [-0.2, -0.15) is 0 Å². The van der Waals surface area contributed by atoms with Crippen molar-refractivity contribution in [2.24, 2.45) is 0 Å². The van der Waals surface area contributed by atoms with Crippen molar-refractivity contribution in [1.29, 1.82) is 0 Å². The van der Waals surface area contributed by atoms with Gasteiger partial charge in [0.2, 0.25) is 0 Å². The summed E-state index contributed by atoms with van der Waals surface area (Å²) >= 11 is 0. The average molecular weight is 252 g/mol. The molecular formula is C12H16N2O4. The molecule has 2 N–H and O–H groups in total. The zero-order chi connectivity index (χ0) is 13.8. The fourth-order valence-corrected chi connectivity index (χ4v) is 1.25. The molecular weight excluding hydrogens is 236 g/mol. The number of aldehydes is 1. The number of amides is 1. The van der Waals surface area contributed by atoms with Crippen molar-refractivity contribution in [3.8, 4) is 0 Å². The predicted octanol–water partition coefficient (Wildman–Crippen LogP) is 1.21. The van der Waals surface area contributed by atoms with Gasteiger partial charge in [-0.15, -0.1) is 0 Å². The van der Waals surface area contributed by atoms with Crippen LogP contribution in [0.5, 0.6) is 0 Å². The number of H-pyrrole nitrogens is 1. The van der Waals surface area contributed by atoms with Gasteiger partial charge >= 0.3 is 6.09 Å². The number of aromatic nitrogens is 1. The van der Waals surface area contributed by atoms with Crippen molar-refractivity contribution in [2.75, 3.05) is 0 Å². The lowest BCUT2D eigenvalue weighted by molar-refractivity contribution is 0.0523. The third-order valence-electron chi connectivity index (χ3n) is 2.00. The van der Waals surface area contributed by atoms with E-state index in [1.54, 1.807) is 20.8 Å². The number of hydrogen-bond acceptors (Lipinski definition) is 4. The normalized spacial score (nSPS) is 10.8. The molecule has 0 aliphatic carbocycles. The molecule has 1 aromatic rings. The lowest BCUT2D eigenvalue weighted by Crippen LogP contribution is -2.33. The Labute approximate surface area is 104 Å². The molecule has 6 heteroatoms. The Bertz CT molecular complexity index is 500. The van der Waals surface area contributed by atoms with Crippen LogP contribution in [0.4, 0.5) is 4.79 Å². The van der Waals surface area contributed by atoms with E-state index in [0.717, 1.165) is 0 Å². The molecule has 0 aromatic carbocycles. The summed E-state index contributed by atoms with van der Waals surface area (Å²) in [4.78, 5) is 36.3. The number of pyridine rings is 1. The van der Waals surface area contributed by atoms with Gasteiger partial charge in [0.25, 0.3) is 0 Å². The number of rotatable bonds is 3. The Hall–Kier alpha value is -2.11. The summed E-state index contributed by atoms with van der Waals surface area (Å²) in [5.74, 6) is 0. The monoisotopic (exact) mass is 252 g/mol. The minimum absolute atomic E-state index is 0.00588. The van der Waals surface area contributed by atoms with Crippen LogP contribution in [0.3, 0.4) is 0 Å². The molecule has 1 amide bonds. The molecule has 0 radical (unpaired) electrons. The van der Waals surface area contributed by atoms with Crippen molar-refractivity contribution >= 4 is 12.4 Å². The molecule has 0 unspecified atom stereocenters. The Kier molecular flexibility index (Phi) is 4.25.